The quantitative estimate of drug-likeness (QED) is 0.807. The van der Waals surface area contributed by atoms with Crippen LogP contribution in [0.3, 0.4) is 0 Å². The lowest BCUT2D eigenvalue weighted by Gasteiger charge is -2.14. The number of anilines is 1. The molecule has 0 heterocycles. The Hall–Kier alpha value is -2.88. The van der Waals surface area contributed by atoms with E-state index in [-0.39, 0.29) is 11.5 Å². The van der Waals surface area contributed by atoms with Crippen molar-refractivity contribution in [3.63, 3.8) is 0 Å². The molecule has 0 bridgehead atoms. The largest absolute Gasteiger partial charge is 0.493 e. The summed E-state index contributed by atoms with van der Waals surface area (Å²) in [6, 6.07) is 4.69. The van der Waals surface area contributed by atoms with Crippen LogP contribution in [0.2, 0.25) is 0 Å². The van der Waals surface area contributed by atoms with Gasteiger partial charge in [0.15, 0.2) is 11.5 Å². The number of hydrogen-bond acceptors (Lipinski definition) is 5. The fourth-order valence-electron chi connectivity index (χ4n) is 2.07. The van der Waals surface area contributed by atoms with Crippen LogP contribution in [0.4, 0.5) is 14.5 Å². The van der Waals surface area contributed by atoms with Gasteiger partial charge < -0.3 is 14.6 Å². The first-order chi connectivity index (χ1) is 11.7. The van der Waals surface area contributed by atoms with Gasteiger partial charge in [-0.05, 0) is 12.1 Å². The molecule has 0 fully saturated rings. The molecule has 7 nitrogen and oxygen atoms in total. The van der Waals surface area contributed by atoms with E-state index >= 15 is 0 Å². The molecule has 0 aliphatic heterocycles. The number of nitrogens with one attached hydrogen (secondary N) is 1. The Morgan fingerprint density at radius 2 is 1.68 bits per heavy atom. The summed E-state index contributed by atoms with van der Waals surface area (Å²) >= 11 is 0. The Labute approximate surface area is 141 Å². The molecule has 0 saturated carbocycles. The van der Waals surface area contributed by atoms with Gasteiger partial charge in [0.05, 0.1) is 19.9 Å². The monoisotopic (exact) mass is 373 g/mol. The van der Waals surface area contributed by atoms with Crippen molar-refractivity contribution in [2.24, 2.45) is 0 Å². The molecular formula is C15H13F2NO6S. The van der Waals surface area contributed by atoms with Crippen LogP contribution >= 0.6 is 0 Å². The summed E-state index contributed by atoms with van der Waals surface area (Å²) in [5.74, 6) is -4.06. The number of halogens is 2. The summed E-state index contributed by atoms with van der Waals surface area (Å²) in [4.78, 5) is 10.3. The molecule has 10 heteroatoms. The van der Waals surface area contributed by atoms with E-state index in [1.165, 1.54) is 14.2 Å². The van der Waals surface area contributed by atoms with Gasteiger partial charge in [0, 0.05) is 12.1 Å². The first-order valence-corrected chi connectivity index (χ1v) is 8.15. The van der Waals surface area contributed by atoms with Gasteiger partial charge in [-0.2, -0.15) is 0 Å². The van der Waals surface area contributed by atoms with Crippen molar-refractivity contribution >= 4 is 21.7 Å². The molecular weight excluding hydrogens is 360 g/mol. The first-order valence-electron chi connectivity index (χ1n) is 6.67. The van der Waals surface area contributed by atoms with E-state index in [4.69, 9.17) is 14.6 Å². The highest BCUT2D eigenvalue weighted by molar-refractivity contribution is 7.92. The maximum atomic E-state index is 14.1. The average molecular weight is 373 g/mol. The van der Waals surface area contributed by atoms with Crippen LogP contribution < -0.4 is 14.2 Å². The summed E-state index contributed by atoms with van der Waals surface area (Å²) in [7, 11) is -2.09. The van der Waals surface area contributed by atoms with Crippen molar-refractivity contribution in [1.82, 2.24) is 0 Å². The molecule has 2 rings (SSSR count). The van der Waals surface area contributed by atoms with Crippen LogP contribution in [0.1, 0.15) is 10.4 Å². The zero-order valence-electron chi connectivity index (χ0n) is 13.0. The lowest BCUT2D eigenvalue weighted by Crippen LogP contribution is -2.18. The van der Waals surface area contributed by atoms with E-state index in [0.717, 1.165) is 30.3 Å². The zero-order chi connectivity index (χ0) is 18.8. The number of hydrogen-bond donors (Lipinski definition) is 2. The minimum absolute atomic E-state index is 0.0315. The molecule has 0 aliphatic carbocycles. The number of carboxylic acid groups (broad SMARTS) is 1. The van der Waals surface area contributed by atoms with Gasteiger partial charge in [-0.3, -0.25) is 4.72 Å². The van der Waals surface area contributed by atoms with E-state index in [1.807, 2.05) is 4.72 Å². The third-order valence-corrected chi connectivity index (χ3v) is 4.58. The van der Waals surface area contributed by atoms with Crippen molar-refractivity contribution in [2.75, 3.05) is 18.9 Å². The van der Waals surface area contributed by atoms with Gasteiger partial charge in [-0.15, -0.1) is 0 Å². The lowest BCUT2D eigenvalue weighted by molar-refractivity contribution is 0.0693. The average Bonchev–Trinajstić information content (AvgIpc) is 2.53. The van der Waals surface area contributed by atoms with Gasteiger partial charge >= 0.3 is 5.97 Å². The van der Waals surface area contributed by atoms with E-state index in [2.05, 4.69) is 0 Å². The number of rotatable bonds is 6. The highest BCUT2D eigenvalue weighted by Gasteiger charge is 2.25. The van der Waals surface area contributed by atoms with Crippen molar-refractivity contribution in [2.45, 2.75) is 4.90 Å². The van der Waals surface area contributed by atoms with Crippen LogP contribution in [0, 0.1) is 11.6 Å². The fraction of sp³-hybridized carbons (Fsp3) is 0.133. The third-order valence-electron chi connectivity index (χ3n) is 3.20. The van der Waals surface area contributed by atoms with Crippen LogP contribution in [0.15, 0.2) is 35.2 Å². The smallest absolute Gasteiger partial charge is 0.340 e. The third kappa shape index (κ3) is 3.63. The molecule has 25 heavy (non-hydrogen) atoms. The van der Waals surface area contributed by atoms with Gasteiger partial charge in [-0.25, -0.2) is 22.0 Å². The minimum Gasteiger partial charge on any atom is -0.493 e. The standard InChI is InChI=1S/C15H13F2NO6S/c1-23-11-6-9(17)13(7-12(11)24-2)25(21,22)18-10-5-3-4-8(16)14(10)15(19)20/h3-7,18H,1-2H3,(H,19,20). The number of carboxylic acids is 1. The van der Waals surface area contributed by atoms with E-state index in [1.54, 1.807) is 0 Å². The molecule has 2 N–H and O–H groups in total. The van der Waals surface area contributed by atoms with E-state index in [0.29, 0.717) is 0 Å². The molecule has 0 amide bonds. The normalized spacial score (nSPS) is 11.0. The summed E-state index contributed by atoms with van der Waals surface area (Å²) < 4.78 is 64.3. The van der Waals surface area contributed by atoms with E-state index < -0.39 is 43.8 Å². The van der Waals surface area contributed by atoms with Crippen LogP contribution in [0.5, 0.6) is 11.5 Å². The Morgan fingerprint density at radius 3 is 2.24 bits per heavy atom. The van der Waals surface area contributed by atoms with Gasteiger partial charge in [0.25, 0.3) is 10.0 Å². The predicted molar refractivity (Wildman–Crippen MR) is 83.7 cm³/mol. The number of aromatic carboxylic acids is 1. The van der Waals surface area contributed by atoms with Crippen LogP contribution in [-0.2, 0) is 10.0 Å². The predicted octanol–water partition coefficient (Wildman–Crippen LogP) is 2.48. The summed E-state index contributed by atoms with van der Waals surface area (Å²) in [6.45, 7) is 0. The van der Waals surface area contributed by atoms with Crippen molar-refractivity contribution in [3.8, 4) is 11.5 Å². The molecule has 2 aromatic rings. The van der Waals surface area contributed by atoms with E-state index in [9.17, 15) is 22.0 Å². The SMILES string of the molecule is COc1cc(F)c(S(=O)(=O)Nc2cccc(F)c2C(=O)O)cc1OC. The van der Waals surface area contributed by atoms with Crippen LogP contribution in [0.25, 0.3) is 0 Å². The van der Waals surface area contributed by atoms with Gasteiger partial charge in [-0.1, -0.05) is 6.07 Å². The first kappa shape index (κ1) is 18.5. The topological polar surface area (TPSA) is 102 Å². The Kier molecular flexibility index (Phi) is 5.12. The lowest BCUT2D eigenvalue weighted by atomic mass is 10.2. The second kappa shape index (κ2) is 6.93. The minimum atomic E-state index is -4.56. The Morgan fingerprint density at radius 1 is 1.08 bits per heavy atom. The van der Waals surface area contributed by atoms with Crippen molar-refractivity contribution < 1.29 is 36.6 Å². The molecule has 0 atom stereocenters. The number of sulfonamides is 1. The number of methoxy groups -OCH3 is 2. The second-order valence-corrected chi connectivity index (χ2v) is 6.36. The van der Waals surface area contributed by atoms with Crippen molar-refractivity contribution in [3.05, 3.63) is 47.5 Å². The number of benzene rings is 2. The zero-order valence-corrected chi connectivity index (χ0v) is 13.9. The Balaban J connectivity index is 2.55. The van der Waals surface area contributed by atoms with Crippen molar-refractivity contribution in [1.29, 1.82) is 0 Å². The molecule has 0 unspecified atom stereocenters. The molecule has 0 saturated heterocycles. The number of ether oxygens (including phenoxy) is 2. The molecule has 0 aliphatic rings. The highest BCUT2D eigenvalue weighted by atomic mass is 32.2. The van der Waals surface area contributed by atoms with Crippen LogP contribution in [-0.4, -0.2) is 33.7 Å². The Bertz CT molecular complexity index is 930. The molecule has 0 radical (unpaired) electrons. The molecule has 2 aromatic carbocycles. The van der Waals surface area contributed by atoms with Gasteiger partial charge in [0.1, 0.15) is 22.1 Å². The molecule has 0 aromatic heterocycles. The summed E-state index contributed by atoms with van der Waals surface area (Å²) in [5, 5.41) is 9.03. The summed E-state index contributed by atoms with van der Waals surface area (Å²) in [6.07, 6.45) is 0. The second-order valence-electron chi connectivity index (χ2n) is 4.71. The summed E-state index contributed by atoms with van der Waals surface area (Å²) in [5.41, 5.74) is -1.42. The maximum absolute atomic E-state index is 14.1. The molecule has 0 spiro atoms. The highest BCUT2D eigenvalue weighted by Crippen LogP contribution is 2.33. The van der Waals surface area contributed by atoms with Gasteiger partial charge in [0.2, 0.25) is 0 Å². The maximum Gasteiger partial charge on any atom is 0.340 e. The number of carbonyl (C=O) groups is 1. The fourth-order valence-corrected chi connectivity index (χ4v) is 3.22. The molecule has 134 valence electrons.